The molecule has 0 saturated carbocycles. The molecule has 1 atom stereocenters. The fraction of sp³-hybridized carbons (Fsp3) is 0.227. The first-order valence-electron chi connectivity index (χ1n) is 9.28. The highest BCUT2D eigenvalue weighted by atomic mass is 16.5. The van der Waals surface area contributed by atoms with Crippen LogP contribution in [0.15, 0.2) is 55.7 Å². The van der Waals surface area contributed by atoms with Crippen LogP contribution < -0.4 is 10.1 Å². The molecule has 3 aromatic heterocycles. The van der Waals surface area contributed by atoms with E-state index in [0.717, 1.165) is 52.7 Å². The number of H-pyrrole nitrogens is 1. The largest absolute Gasteiger partial charge is 0.496 e. The molecule has 0 saturated heterocycles. The van der Waals surface area contributed by atoms with Gasteiger partial charge in [0, 0.05) is 47.3 Å². The van der Waals surface area contributed by atoms with Gasteiger partial charge in [0.25, 0.3) is 0 Å². The summed E-state index contributed by atoms with van der Waals surface area (Å²) in [5.74, 6) is 0.632. The van der Waals surface area contributed by atoms with Crippen molar-refractivity contribution in [1.29, 1.82) is 0 Å². The zero-order valence-electron chi connectivity index (χ0n) is 15.7. The van der Waals surface area contributed by atoms with Gasteiger partial charge in [0.2, 0.25) is 5.91 Å². The van der Waals surface area contributed by atoms with E-state index < -0.39 is 0 Å². The molecule has 1 aliphatic rings. The topological polar surface area (TPSA) is 79.9 Å². The van der Waals surface area contributed by atoms with Crippen LogP contribution in [0.2, 0.25) is 0 Å². The molecule has 1 unspecified atom stereocenters. The number of amides is 1. The lowest BCUT2D eigenvalue weighted by Crippen LogP contribution is -2.34. The maximum atomic E-state index is 11.7. The molecule has 28 heavy (non-hydrogen) atoms. The van der Waals surface area contributed by atoms with Crippen LogP contribution >= 0.6 is 0 Å². The Morgan fingerprint density at radius 3 is 3.04 bits per heavy atom. The minimum absolute atomic E-state index is 0.101. The second-order valence-electron chi connectivity index (χ2n) is 6.78. The van der Waals surface area contributed by atoms with Gasteiger partial charge in [0.1, 0.15) is 11.4 Å². The van der Waals surface area contributed by atoms with E-state index in [2.05, 4.69) is 32.9 Å². The molecule has 0 aliphatic heterocycles. The Morgan fingerprint density at radius 2 is 2.21 bits per heavy atom. The third kappa shape index (κ3) is 3.29. The highest BCUT2D eigenvalue weighted by Gasteiger charge is 2.22. The summed E-state index contributed by atoms with van der Waals surface area (Å²) in [6.07, 6.45) is 13.5. The van der Waals surface area contributed by atoms with Crippen molar-refractivity contribution in [3.05, 3.63) is 61.2 Å². The molecule has 4 rings (SSSR count). The van der Waals surface area contributed by atoms with Gasteiger partial charge in [-0.15, -0.1) is 0 Å². The van der Waals surface area contributed by atoms with Gasteiger partial charge in [0.15, 0.2) is 0 Å². The number of rotatable bonds is 5. The lowest BCUT2D eigenvalue weighted by Gasteiger charge is -2.24. The van der Waals surface area contributed by atoms with Gasteiger partial charge < -0.3 is 15.0 Å². The first kappa shape index (κ1) is 18.0. The molecule has 3 heterocycles. The normalized spacial score (nSPS) is 16.5. The predicted octanol–water partition coefficient (Wildman–Crippen LogP) is 3.87. The molecule has 0 spiro atoms. The highest BCUT2D eigenvalue weighted by Crippen LogP contribution is 2.39. The number of ether oxygens (including phenoxy) is 1. The summed E-state index contributed by atoms with van der Waals surface area (Å²) in [7, 11) is 1.66. The molecule has 0 bridgehead atoms. The monoisotopic (exact) mass is 374 g/mol. The number of aromatic nitrogens is 3. The Labute approximate surface area is 163 Å². The van der Waals surface area contributed by atoms with Crippen LogP contribution in [0.3, 0.4) is 0 Å². The van der Waals surface area contributed by atoms with Crippen molar-refractivity contribution in [2.24, 2.45) is 0 Å². The maximum absolute atomic E-state index is 11.7. The van der Waals surface area contributed by atoms with E-state index >= 15 is 0 Å². The lowest BCUT2D eigenvalue weighted by molar-refractivity contribution is -0.117. The van der Waals surface area contributed by atoms with Gasteiger partial charge >= 0.3 is 0 Å². The van der Waals surface area contributed by atoms with E-state index in [1.807, 2.05) is 24.5 Å². The molecule has 0 fully saturated rings. The number of carbonyl (C=O) groups excluding carboxylic acids is 1. The Morgan fingerprint density at radius 1 is 1.32 bits per heavy atom. The fourth-order valence-electron chi connectivity index (χ4n) is 3.81. The van der Waals surface area contributed by atoms with Crippen molar-refractivity contribution in [3.63, 3.8) is 0 Å². The number of fused-ring (bicyclic) bond motifs is 1. The summed E-state index contributed by atoms with van der Waals surface area (Å²) in [4.78, 5) is 23.7. The van der Waals surface area contributed by atoms with Gasteiger partial charge in [-0.3, -0.25) is 9.78 Å². The van der Waals surface area contributed by atoms with E-state index in [-0.39, 0.29) is 11.9 Å². The standard InChI is InChI=1S/C22H22N4O2/c1-3-20(27)26-15-6-4-5-14(11-15)16-7-10-24-22-21(16)18(13-25-22)17-12-23-9-8-19(17)28-2/h3,5,7-10,12-13,15H,1,4,6,11H2,2H3,(H,24,25)(H,26,27). The minimum Gasteiger partial charge on any atom is -0.496 e. The van der Waals surface area contributed by atoms with Crippen LogP contribution in [0.5, 0.6) is 5.75 Å². The van der Waals surface area contributed by atoms with Crippen LogP contribution in [-0.4, -0.2) is 34.0 Å². The zero-order chi connectivity index (χ0) is 19.5. The number of pyridine rings is 2. The molecular formula is C22H22N4O2. The molecule has 0 radical (unpaired) electrons. The fourth-order valence-corrected chi connectivity index (χ4v) is 3.81. The third-order valence-electron chi connectivity index (χ3n) is 5.11. The Balaban J connectivity index is 1.78. The maximum Gasteiger partial charge on any atom is 0.243 e. The Bertz CT molecular complexity index is 1070. The van der Waals surface area contributed by atoms with Crippen molar-refractivity contribution >= 4 is 22.5 Å². The van der Waals surface area contributed by atoms with Crippen molar-refractivity contribution in [3.8, 4) is 16.9 Å². The van der Waals surface area contributed by atoms with Crippen molar-refractivity contribution < 1.29 is 9.53 Å². The molecule has 1 aliphatic carbocycles. The average Bonchev–Trinajstić information content (AvgIpc) is 3.18. The average molecular weight is 374 g/mol. The summed E-state index contributed by atoms with van der Waals surface area (Å²) in [5, 5.41) is 4.06. The molecule has 3 aromatic rings. The summed E-state index contributed by atoms with van der Waals surface area (Å²) in [6, 6.07) is 3.99. The van der Waals surface area contributed by atoms with Gasteiger partial charge in [-0.05, 0) is 48.6 Å². The van der Waals surface area contributed by atoms with Crippen LogP contribution in [-0.2, 0) is 4.79 Å². The SMILES string of the molecule is C=CC(=O)NC1CCC=C(c2ccnc3[nH]cc(-c4cnccc4OC)c23)C1. The number of nitrogens with zero attached hydrogens (tertiary/aromatic N) is 2. The van der Waals surface area contributed by atoms with E-state index in [9.17, 15) is 4.79 Å². The number of carbonyl (C=O) groups is 1. The number of hydrogen-bond donors (Lipinski definition) is 2. The summed E-state index contributed by atoms with van der Waals surface area (Å²) < 4.78 is 5.53. The highest BCUT2D eigenvalue weighted by molar-refractivity contribution is 6.02. The van der Waals surface area contributed by atoms with Crippen molar-refractivity contribution in [2.75, 3.05) is 7.11 Å². The number of hydrogen-bond acceptors (Lipinski definition) is 4. The van der Waals surface area contributed by atoms with Crippen LogP contribution in [0.25, 0.3) is 27.7 Å². The molecule has 0 aromatic carbocycles. The van der Waals surface area contributed by atoms with Crippen LogP contribution in [0.4, 0.5) is 0 Å². The second-order valence-corrected chi connectivity index (χ2v) is 6.78. The number of nitrogens with one attached hydrogen (secondary N) is 2. The van der Waals surface area contributed by atoms with Crippen LogP contribution in [0, 0.1) is 0 Å². The number of methoxy groups -OCH3 is 1. The Hall–Kier alpha value is -3.41. The summed E-state index contributed by atoms with van der Waals surface area (Å²) in [5.41, 5.74) is 5.05. The third-order valence-corrected chi connectivity index (χ3v) is 5.11. The number of aromatic amines is 1. The number of allylic oxidation sites excluding steroid dienone is 1. The smallest absolute Gasteiger partial charge is 0.243 e. The van der Waals surface area contributed by atoms with Gasteiger partial charge in [-0.2, -0.15) is 0 Å². The first-order chi connectivity index (χ1) is 13.7. The molecule has 1 amide bonds. The van der Waals surface area contributed by atoms with Gasteiger partial charge in [-0.1, -0.05) is 12.7 Å². The molecule has 6 nitrogen and oxygen atoms in total. The summed E-state index contributed by atoms with van der Waals surface area (Å²) >= 11 is 0. The van der Waals surface area contributed by atoms with E-state index in [1.165, 1.54) is 11.6 Å². The lowest BCUT2D eigenvalue weighted by atomic mass is 9.88. The second kappa shape index (κ2) is 7.68. The quantitative estimate of drug-likeness (QED) is 0.665. The molecule has 2 N–H and O–H groups in total. The molecular weight excluding hydrogens is 352 g/mol. The minimum atomic E-state index is -0.131. The van der Waals surface area contributed by atoms with Gasteiger partial charge in [0.05, 0.1) is 7.11 Å². The van der Waals surface area contributed by atoms with E-state index in [0.29, 0.717) is 0 Å². The Kier molecular flexibility index (Phi) is 4.93. The predicted molar refractivity (Wildman–Crippen MR) is 110 cm³/mol. The van der Waals surface area contributed by atoms with E-state index in [4.69, 9.17) is 4.74 Å². The first-order valence-corrected chi connectivity index (χ1v) is 9.28. The summed E-state index contributed by atoms with van der Waals surface area (Å²) in [6.45, 7) is 3.54. The molecule has 142 valence electrons. The van der Waals surface area contributed by atoms with Crippen LogP contribution in [0.1, 0.15) is 24.8 Å². The zero-order valence-corrected chi connectivity index (χ0v) is 15.7. The van der Waals surface area contributed by atoms with E-state index in [1.54, 1.807) is 19.5 Å². The molecule has 6 heteroatoms. The van der Waals surface area contributed by atoms with Crippen molar-refractivity contribution in [2.45, 2.75) is 25.3 Å². The van der Waals surface area contributed by atoms with Crippen molar-refractivity contribution in [1.82, 2.24) is 20.3 Å². The van der Waals surface area contributed by atoms with Gasteiger partial charge in [-0.25, -0.2) is 4.98 Å².